The van der Waals surface area contributed by atoms with Crippen LogP contribution in [0.4, 0.5) is 0 Å². The lowest BCUT2D eigenvalue weighted by Gasteiger charge is -2.26. The average Bonchev–Trinajstić information content (AvgIpc) is 2.83. The maximum atomic E-state index is 11.1. The molecule has 0 bridgehead atoms. The summed E-state index contributed by atoms with van der Waals surface area (Å²) in [5.41, 5.74) is 0.993. The molecule has 1 heterocycles. The van der Waals surface area contributed by atoms with Gasteiger partial charge in [0.05, 0.1) is 29.2 Å². The third kappa shape index (κ3) is 3.39. The number of halogens is 2. The van der Waals surface area contributed by atoms with Gasteiger partial charge in [-0.05, 0) is 24.7 Å². The Morgan fingerprint density at radius 3 is 2.79 bits per heavy atom. The Labute approximate surface area is 121 Å². The minimum atomic E-state index is -0.816. The molecule has 1 aromatic carbocycles. The maximum absolute atomic E-state index is 11.1. The van der Waals surface area contributed by atoms with Crippen LogP contribution in [0.15, 0.2) is 18.2 Å². The van der Waals surface area contributed by atoms with Crippen LogP contribution in [-0.4, -0.2) is 42.3 Å². The Bertz CT molecular complexity index is 481. The van der Waals surface area contributed by atoms with Crippen LogP contribution in [-0.2, 0) is 16.1 Å². The second kappa shape index (κ2) is 6.09. The summed E-state index contributed by atoms with van der Waals surface area (Å²) >= 11 is 11.8. The van der Waals surface area contributed by atoms with Crippen LogP contribution >= 0.6 is 23.2 Å². The summed E-state index contributed by atoms with van der Waals surface area (Å²) in [7, 11) is 1.89. The molecule has 0 aliphatic carbocycles. The summed E-state index contributed by atoms with van der Waals surface area (Å²) in [4.78, 5) is 13.1. The Morgan fingerprint density at radius 1 is 1.42 bits per heavy atom. The number of carbonyl (C=O) groups is 1. The molecule has 1 fully saturated rings. The zero-order valence-corrected chi connectivity index (χ0v) is 12.0. The molecular weight excluding hydrogens is 289 g/mol. The van der Waals surface area contributed by atoms with Crippen LogP contribution in [0.25, 0.3) is 0 Å². The third-order valence-electron chi connectivity index (χ3n) is 3.35. The van der Waals surface area contributed by atoms with E-state index in [0.29, 0.717) is 23.2 Å². The SMILES string of the molecule is CN(Cc1ccc(Cl)c(Cl)c1)C1COCC1C(=O)O. The fourth-order valence-corrected chi connectivity index (χ4v) is 2.58. The molecule has 1 aliphatic heterocycles. The number of likely N-dealkylation sites (N-methyl/N-ethyl adjacent to an activating group) is 1. The topological polar surface area (TPSA) is 49.8 Å². The Hall–Kier alpha value is -0.810. The van der Waals surface area contributed by atoms with Crippen molar-refractivity contribution in [2.45, 2.75) is 12.6 Å². The zero-order valence-electron chi connectivity index (χ0n) is 10.5. The number of carboxylic acid groups (broad SMARTS) is 1. The Morgan fingerprint density at radius 2 is 2.16 bits per heavy atom. The standard InChI is InChI=1S/C13H15Cl2NO3/c1-16(12-7-19-6-9(12)13(17)18)5-8-2-3-10(14)11(15)4-8/h2-4,9,12H,5-7H2,1H3,(H,17,18). The van der Waals surface area contributed by atoms with Crippen molar-refractivity contribution in [1.82, 2.24) is 4.90 Å². The second-order valence-electron chi connectivity index (χ2n) is 4.71. The molecule has 19 heavy (non-hydrogen) atoms. The van der Waals surface area contributed by atoms with Gasteiger partial charge >= 0.3 is 5.97 Å². The lowest BCUT2D eigenvalue weighted by atomic mass is 10.0. The van der Waals surface area contributed by atoms with Gasteiger partial charge in [0.15, 0.2) is 0 Å². The van der Waals surface area contributed by atoms with Gasteiger partial charge in [0.25, 0.3) is 0 Å². The summed E-state index contributed by atoms with van der Waals surface area (Å²) in [6.07, 6.45) is 0. The van der Waals surface area contributed by atoms with Crippen molar-refractivity contribution in [1.29, 1.82) is 0 Å². The molecule has 2 atom stereocenters. The van der Waals surface area contributed by atoms with Crippen LogP contribution in [0, 0.1) is 5.92 Å². The lowest BCUT2D eigenvalue weighted by Crippen LogP contribution is -2.40. The van der Waals surface area contributed by atoms with Crippen LogP contribution in [0.3, 0.4) is 0 Å². The van der Waals surface area contributed by atoms with E-state index >= 15 is 0 Å². The van der Waals surface area contributed by atoms with Crippen molar-refractivity contribution < 1.29 is 14.6 Å². The minimum absolute atomic E-state index is 0.119. The fourth-order valence-electron chi connectivity index (χ4n) is 2.26. The number of ether oxygens (including phenoxy) is 1. The average molecular weight is 304 g/mol. The summed E-state index contributed by atoms with van der Waals surface area (Å²) in [5.74, 6) is -1.30. The van der Waals surface area contributed by atoms with Crippen molar-refractivity contribution in [2.24, 2.45) is 5.92 Å². The maximum Gasteiger partial charge on any atom is 0.310 e. The number of hydrogen-bond acceptors (Lipinski definition) is 3. The number of hydrogen-bond donors (Lipinski definition) is 1. The largest absolute Gasteiger partial charge is 0.481 e. The van der Waals surface area contributed by atoms with Crippen LogP contribution in [0.1, 0.15) is 5.56 Å². The molecule has 0 radical (unpaired) electrons. The van der Waals surface area contributed by atoms with Crippen molar-refractivity contribution in [3.05, 3.63) is 33.8 Å². The monoisotopic (exact) mass is 303 g/mol. The first-order chi connectivity index (χ1) is 8.99. The number of rotatable bonds is 4. The highest BCUT2D eigenvalue weighted by atomic mass is 35.5. The summed E-state index contributed by atoms with van der Waals surface area (Å²) in [6.45, 7) is 1.31. The molecule has 1 aliphatic rings. The highest BCUT2D eigenvalue weighted by Gasteiger charge is 2.36. The molecule has 2 rings (SSSR count). The number of benzene rings is 1. The first kappa shape index (κ1) is 14.6. The molecule has 104 valence electrons. The van der Waals surface area contributed by atoms with E-state index < -0.39 is 11.9 Å². The van der Waals surface area contributed by atoms with E-state index in [0.717, 1.165) is 5.56 Å². The van der Waals surface area contributed by atoms with Crippen molar-refractivity contribution >= 4 is 29.2 Å². The second-order valence-corrected chi connectivity index (χ2v) is 5.53. The Kier molecular flexibility index (Phi) is 4.68. The molecule has 0 aromatic heterocycles. The van der Waals surface area contributed by atoms with E-state index in [1.165, 1.54) is 0 Å². The van der Waals surface area contributed by atoms with Gasteiger partial charge in [-0.3, -0.25) is 9.69 Å². The normalized spacial score (nSPS) is 22.9. The van der Waals surface area contributed by atoms with Gasteiger partial charge in [0.2, 0.25) is 0 Å². The summed E-state index contributed by atoms with van der Waals surface area (Å²) in [5, 5.41) is 10.2. The highest BCUT2D eigenvalue weighted by molar-refractivity contribution is 6.42. The van der Waals surface area contributed by atoms with E-state index in [-0.39, 0.29) is 12.6 Å². The van der Waals surface area contributed by atoms with Gasteiger partial charge in [-0.2, -0.15) is 0 Å². The quantitative estimate of drug-likeness (QED) is 0.928. The van der Waals surface area contributed by atoms with Gasteiger partial charge < -0.3 is 9.84 Å². The highest BCUT2D eigenvalue weighted by Crippen LogP contribution is 2.25. The van der Waals surface area contributed by atoms with E-state index in [1.807, 2.05) is 18.0 Å². The van der Waals surface area contributed by atoms with E-state index in [9.17, 15) is 4.79 Å². The summed E-state index contributed by atoms with van der Waals surface area (Å²) in [6, 6.07) is 5.31. The third-order valence-corrected chi connectivity index (χ3v) is 4.09. The van der Waals surface area contributed by atoms with E-state index in [4.69, 9.17) is 33.0 Å². The van der Waals surface area contributed by atoms with Crippen molar-refractivity contribution in [3.63, 3.8) is 0 Å². The number of carboxylic acids is 1. The van der Waals surface area contributed by atoms with Gasteiger partial charge in [0, 0.05) is 12.6 Å². The molecule has 1 N–H and O–H groups in total. The fraction of sp³-hybridized carbons (Fsp3) is 0.462. The van der Waals surface area contributed by atoms with Crippen molar-refractivity contribution in [2.75, 3.05) is 20.3 Å². The van der Waals surface area contributed by atoms with E-state index in [2.05, 4.69) is 0 Å². The zero-order chi connectivity index (χ0) is 14.0. The molecule has 0 saturated carbocycles. The minimum Gasteiger partial charge on any atom is -0.481 e. The van der Waals surface area contributed by atoms with Gasteiger partial charge in [-0.25, -0.2) is 0 Å². The molecule has 1 aromatic rings. The first-order valence-corrected chi connectivity index (χ1v) is 6.69. The Balaban J connectivity index is 2.05. The van der Waals surface area contributed by atoms with Crippen LogP contribution in [0.2, 0.25) is 10.0 Å². The predicted molar refractivity (Wildman–Crippen MR) is 73.7 cm³/mol. The summed E-state index contributed by atoms with van der Waals surface area (Å²) < 4.78 is 5.26. The predicted octanol–water partition coefficient (Wildman–Crippen LogP) is 2.52. The molecule has 2 unspecified atom stereocenters. The number of aliphatic carboxylic acids is 1. The smallest absolute Gasteiger partial charge is 0.310 e. The molecule has 0 spiro atoms. The van der Waals surface area contributed by atoms with E-state index in [1.54, 1.807) is 12.1 Å². The first-order valence-electron chi connectivity index (χ1n) is 5.93. The van der Waals surface area contributed by atoms with Gasteiger partial charge in [-0.1, -0.05) is 29.3 Å². The van der Waals surface area contributed by atoms with Crippen molar-refractivity contribution in [3.8, 4) is 0 Å². The molecule has 1 saturated heterocycles. The molecule has 0 amide bonds. The lowest BCUT2D eigenvalue weighted by molar-refractivity contribution is -0.143. The van der Waals surface area contributed by atoms with Gasteiger partial charge in [0.1, 0.15) is 0 Å². The van der Waals surface area contributed by atoms with Gasteiger partial charge in [-0.15, -0.1) is 0 Å². The molecule has 4 nitrogen and oxygen atoms in total. The molecule has 6 heteroatoms. The van der Waals surface area contributed by atoms with Crippen LogP contribution < -0.4 is 0 Å². The number of nitrogens with zero attached hydrogens (tertiary/aromatic N) is 1. The van der Waals surface area contributed by atoms with Crippen LogP contribution in [0.5, 0.6) is 0 Å². The molecular formula is C13H15Cl2NO3.